The molecule has 2 heterocycles. The number of ether oxygens (including phenoxy) is 5. The van der Waals surface area contributed by atoms with E-state index >= 15 is 0 Å². The molecule has 1 fully saturated rings. The highest BCUT2D eigenvalue weighted by atomic mass is 35.5. The van der Waals surface area contributed by atoms with Crippen molar-refractivity contribution in [3.63, 3.8) is 0 Å². The average molecular weight is 2000 g/mol. The number of aryl methyl sites for hydroxylation is 15. The number of benzene rings is 18. The molecule has 1 aliphatic rings. The quantitative estimate of drug-likeness (QED) is 0.0811. The zero-order valence-electron chi connectivity index (χ0n) is 85.8. The van der Waals surface area contributed by atoms with Gasteiger partial charge in [-0.25, -0.2) is 17.6 Å². The van der Waals surface area contributed by atoms with Crippen molar-refractivity contribution in [2.45, 2.75) is 157 Å². The number of hydrogen-bond acceptors (Lipinski definition) is 8. The molecule has 0 saturated carbocycles. The lowest BCUT2D eigenvalue weighted by molar-refractivity contribution is -0.105. The number of thioether (sulfide) groups is 1. The van der Waals surface area contributed by atoms with Crippen molar-refractivity contribution < 1.29 is 41.2 Å². The van der Waals surface area contributed by atoms with Gasteiger partial charge >= 0.3 is 0 Å². The van der Waals surface area contributed by atoms with E-state index in [1.165, 1.54) is 150 Å². The Morgan fingerprint density at radius 1 is 0.317 bits per heavy atom. The number of methoxy groups -OCH3 is 2. The second-order valence-electron chi connectivity index (χ2n) is 34.8. The monoisotopic (exact) mass is 2000 g/mol. The summed E-state index contributed by atoms with van der Waals surface area (Å²) in [6.45, 7) is 30.7. The van der Waals surface area contributed by atoms with E-state index < -0.39 is 11.6 Å². The molecule has 1 aromatic heterocycles. The highest BCUT2D eigenvalue weighted by Gasteiger charge is 2.15. The fourth-order valence-corrected chi connectivity index (χ4v) is 15.4. The molecule has 1 unspecified atom stereocenters. The highest BCUT2D eigenvalue weighted by Crippen LogP contribution is 2.31. The Hall–Kier alpha value is -14.0. The minimum atomic E-state index is -0.766. The molecular formula is C132H148ClF4NO5S2. The van der Waals surface area contributed by atoms with Gasteiger partial charge in [-0.3, -0.25) is 0 Å². The standard InChI is InChI=1S/C15H12.C13H12O.C13H12.C12H16O2.C12H12O.C11H10.C9H13N.C8H8F2.C8H9F.C8H10O.C8H10S.C7H7F.C5H5ClS.3CH4/c1-11-10-12-6-2-3-8-14(12)15-9-5-4-7-13(11)15;1-11-7-9-13(10-8-11)14-12-5-3-2-4-6-12;1-11-7-9-13(10-8-11)12-5-3-2-4-6-12;1-10-5-7-11(8-6-10)14-12-4-2-3-9-13-12;1-9-3-4-11-8-12(13-2)6-5-10(11)7-9;1-9-6-7-10-4-2-3-5-11(10)8-9;1-8-4-6-9(7-5-8)10(2)3;1-5-3-6(2)8(10)7(9)4-5;1-6-3-4-8(9)7(2)5-6;2*1-7-3-5-8(9-2)6-4-7;1-6-2-4-7(8)5-3-6;1-4-2-3-5(6)7-4;;;/h2-10H,1H3;2-10H,1H3;2-10H,1H3;5-8,12H,2-4,9H2,1H3;3-8H,1-2H3;2-8H,1H3;4-7H,1-3H3;3-4H,1-2H3;3-5H,1-2H3;2*3-6H,1-2H3;2-5H,1H3;2-3H,1H3;3*1H4. The van der Waals surface area contributed by atoms with Gasteiger partial charge in [-0.05, 0) is 321 Å². The fourth-order valence-electron chi connectivity index (χ4n) is 14.0. The molecule has 0 radical (unpaired) electrons. The largest absolute Gasteiger partial charge is 0.497 e. The molecule has 13 heteroatoms. The third-order valence-electron chi connectivity index (χ3n) is 22.1. The zero-order chi connectivity index (χ0) is 103. The zero-order valence-corrected chi connectivity index (χ0v) is 88.2. The summed E-state index contributed by atoms with van der Waals surface area (Å²) in [4.78, 5) is 4.70. The molecular weight excluding hydrogens is 1860 g/mol. The number of thiophene rings is 1. The van der Waals surface area contributed by atoms with E-state index in [1.54, 1.807) is 82.4 Å². The molecule has 1 atom stereocenters. The van der Waals surface area contributed by atoms with Gasteiger partial charge in [-0.2, -0.15) is 0 Å². The van der Waals surface area contributed by atoms with Crippen LogP contribution >= 0.6 is 34.7 Å². The van der Waals surface area contributed by atoms with Crippen LogP contribution in [0.25, 0.3) is 54.2 Å². The van der Waals surface area contributed by atoms with Crippen LogP contribution in [0.15, 0.2) is 411 Å². The molecule has 0 spiro atoms. The van der Waals surface area contributed by atoms with Crippen LogP contribution in [0.2, 0.25) is 4.34 Å². The van der Waals surface area contributed by atoms with Gasteiger partial charge in [0.1, 0.15) is 40.4 Å². The highest BCUT2D eigenvalue weighted by molar-refractivity contribution is 7.98. The Labute approximate surface area is 877 Å². The lowest BCUT2D eigenvalue weighted by Crippen LogP contribution is -2.24. The summed E-state index contributed by atoms with van der Waals surface area (Å²) >= 11 is 8.96. The number of anilines is 1. The van der Waals surface area contributed by atoms with Crippen LogP contribution in [-0.4, -0.2) is 47.5 Å². The number of hydrogen-bond donors (Lipinski definition) is 0. The fraction of sp³-hybridized carbons (Fsp3) is 0.212. The predicted octanol–water partition coefficient (Wildman–Crippen LogP) is 39.5. The van der Waals surface area contributed by atoms with Gasteiger partial charge < -0.3 is 28.6 Å². The Morgan fingerprint density at radius 3 is 1.19 bits per heavy atom. The van der Waals surface area contributed by atoms with Crippen LogP contribution in [0, 0.1) is 127 Å². The smallest absolute Gasteiger partial charge is 0.199 e. The normalized spacial score (nSPS) is 10.9. The first-order valence-corrected chi connectivity index (χ1v) is 49.9. The predicted molar refractivity (Wildman–Crippen MR) is 623 cm³/mol. The Bertz CT molecular complexity index is 6760. The second kappa shape index (κ2) is 66.0. The van der Waals surface area contributed by atoms with Crippen LogP contribution < -0.4 is 23.8 Å². The summed E-state index contributed by atoms with van der Waals surface area (Å²) in [6, 6.07) is 135. The van der Waals surface area contributed by atoms with E-state index in [2.05, 4.69) is 310 Å². The van der Waals surface area contributed by atoms with E-state index in [4.69, 9.17) is 35.3 Å². The number of rotatable bonds is 9. The van der Waals surface area contributed by atoms with Crippen molar-refractivity contribution >= 4 is 83.5 Å². The molecule has 20 rings (SSSR count). The van der Waals surface area contributed by atoms with Crippen molar-refractivity contribution in [3.05, 3.63) is 517 Å². The lowest BCUT2D eigenvalue weighted by Gasteiger charge is -2.23. The molecule has 758 valence electrons. The van der Waals surface area contributed by atoms with Gasteiger partial charge in [0.15, 0.2) is 17.9 Å². The van der Waals surface area contributed by atoms with E-state index in [-0.39, 0.29) is 40.2 Å². The maximum Gasteiger partial charge on any atom is 0.199 e. The van der Waals surface area contributed by atoms with E-state index in [0.717, 1.165) is 74.8 Å². The molecule has 18 aromatic carbocycles. The van der Waals surface area contributed by atoms with Crippen molar-refractivity contribution in [2.24, 2.45) is 0 Å². The first-order chi connectivity index (χ1) is 68.3. The molecule has 0 bridgehead atoms. The molecule has 1 aliphatic heterocycles. The third-order valence-corrected chi connectivity index (χ3v) is 24.0. The lowest BCUT2D eigenvalue weighted by atomic mass is 9.98. The van der Waals surface area contributed by atoms with Crippen molar-refractivity contribution in [2.75, 3.05) is 46.1 Å². The molecule has 6 nitrogen and oxygen atoms in total. The molecule has 0 amide bonds. The van der Waals surface area contributed by atoms with Crippen molar-refractivity contribution in [1.29, 1.82) is 0 Å². The van der Waals surface area contributed by atoms with Gasteiger partial charge in [0, 0.05) is 36.0 Å². The molecule has 1 saturated heterocycles. The molecule has 0 N–H and O–H groups in total. The first-order valence-electron chi connectivity index (χ1n) is 47.5. The summed E-state index contributed by atoms with van der Waals surface area (Å²) in [6.07, 6.45) is 5.43. The summed E-state index contributed by atoms with van der Waals surface area (Å²) in [5.41, 5.74) is 19.5. The number of halogens is 5. The Balaban J connectivity index is 0.000000277. The van der Waals surface area contributed by atoms with Crippen molar-refractivity contribution in [3.8, 4) is 39.9 Å². The first kappa shape index (κ1) is 121. The van der Waals surface area contributed by atoms with Crippen LogP contribution in [0.1, 0.15) is 124 Å². The van der Waals surface area contributed by atoms with Crippen LogP contribution in [0.4, 0.5) is 23.2 Å². The number of para-hydroxylation sites is 1. The minimum Gasteiger partial charge on any atom is -0.497 e. The van der Waals surface area contributed by atoms with Gasteiger partial charge in [-0.1, -0.05) is 375 Å². The number of nitrogens with zero attached hydrogens (tertiary/aromatic N) is 1. The number of fused-ring (bicyclic) bond motifs is 5. The van der Waals surface area contributed by atoms with Crippen LogP contribution in [-0.2, 0) is 4.74 Å². The topological polar surface area (TPSA) is 49.4 Å². The summed E-state index contributed by atoms with van der Waals surface area (Å²) in [7, 11) is 7.45. The minimum absolute atomic E-state index is 0. The molecule has 0 aliphatic carbocycles. The van der Waals surface area contributed by atoms with Gasteiger partial charge in [0.2, 0.25) is 0 Å². The van der Waals surface area contributed by atoms with E-state index in [1.807, 2.05) is 156 Å². The van der Waals surface area contributed by atoms with Crippen molar-refractivity contribution in [1.82, 2.24) is 0 Å². The van der Waals surface area contributed by atoms with Crippen LogP contribution in [0.5, 0.6) is 28.7 Å². The van der Waals surface area contributed by atoms with Gasteiger partial charge in [0.25, 0.3) is 0 Å². The van der Waals surface area contributed by atoms with E-state index in [0.29, 0.717) is 5.56 Å². The summed E-state index contributed by atoms with van der Waals surface area (Å²) in [5.74, 6) is 2.68. The molecule has 145 heavy (non-hydrogen) atoms. The summed E-state index contributed by atoms with van der Waals surface area (Å²) < 4.78 is 77.4. The SMILES string of the molecule is C.C.C.COc1ccc(C)cc1.COc1ccc2cc(C)ccc2c1.CSc1ccc(C)cc1.Cc1cc(C)c(F)c(F)c1.Cc1cc2ccccc2c2ccccc12.Cc1ccc(-c2ccccc2)cc1.Cc1ccc(Cl)s1.Cc1ccc(F)c(C)c1.Cc1ccc(F)cc1.Cc1ccc(N(C)C)cc1.Cc1ccc(OC2CCCCO2)cc1.Cc1ccc(Oc2ccccc2)cc1.Cc1ccc2ccccc2c1. The van der Waals surface area contributed by atoms with E-state index in [9.17, 15) is 17.6 Å². The third kappa shape index (κ3) is 45.7. The molecule has 19 aromatic rings. The van der Waals surface area contributed by atoms with Gasteiger partial charge in [-0.15, -0.1) is 23.1 Å². The van der Waals surface area contributed by atoms with Crippen LogP contribution in [0.3, 0.4) is 0 Å². The Morgan fingerprint density at radius 2 is 0.717 bits per heavy atom. The average Bonchev–Trinajstić information content (AvgIpc) is 0.947. The maximum absolute atomic E-state index is 12.5. The second-order valence-corrected chi connectivity index (χ2v) is 37.6. The Kier molecular flexibility index (Phi) is 55.3. The van der Waals surface area contributed by atoms with Gasteiger partial charge in [0.05, 0.1) is 25.2 Å². The summed E-state index contributed by atoms with van der Waals surface area (Å²) in [5, 5.41) is 10.5. The maximum atomic E-state index is 12.5.